The van der Waals surface area contributed by atoms with Gasteiger partial charge in [0.25, 0.3) is 0 Å². The molecule has 1 atom stereocenters. The lowest BCUT2D eigenvalue weighted by molar-refractivity contribution is 0.106. The van der Waals surface area contributed by atoms with Crippen molar-refractivity contribution >= 4 is 0 Å². The van der Waals surface area contributed by atoms with Gasteiger partial charge in [-0.05, 0) is 41.5 Å². The lowest BCUT2D eigenvalue weighted by atomic mass is 10.1. The molecule has 23 heavy (non-hydrogen) atoms. The fourth-order valence-corrected chi connectivity index (χ4v) is 2.52. The summed E-state index contributed by atoms with van der Waals surface area (Å²) in [4.78, 5) is 0. The topological polar surface area (TPSA) is 50.7 Å². The number of rotatable bonds is 7. The number of ether oxygens (including phenoxy) is 2. The first kappa shape index (κ1) is 15.8. The van der Waals surface area contributed by atoms with Gasteiger partial charge in [0.05, 0.1) is 6.61 Å². The Balaban J connectivity index is 1.39. The largest absolute Gasteiger partial charge is 0.493 e. The van der Waals surface area contributed by atoms with Crippen LogP contribution in [0.1, 0.15) is 11.1 Å². The van der Waals surface area contributed by atoms with Crippen molar-refractivity contribution in [2.24, 2.45) is 0 Å². The van der Waals surface area contributed by atoms with Crippen LogP contribution in [-0.4, -0.2) is 31.0 Å². The average Bonchev–Trinajstić information content (AvgIpc) is 3.02. The fraction of sp³-hybridized carbons (Fsp3) is 0.333. The molecule has 5 heteroatoms. The summed E-state index contributed by atoms with van der Waals surface area (Å²) in [5.41, 5.74) is 2.41. The Morgan fingerprint density at radius 1 is 1.22 bits per heavy atom. The molecule has 1 aliphatic rings. The van der Waals surface area contributed by atoms with Gasteiger partial charge in [0.2, 0.25) is 0 Å². The van der Waals surface area contributed by atoms with E-state index in [1.165, 1.54) is 23.3 Å². The fourth-order valence-electron chi connectivity index (χ4n) is 2.52. The highest BCUT2D eigenvalue weighted by atomic mass is 19.1. The molecule has 2 aromatic rings. The van der Waals surface area contributed by atoms with Crippen molar-refractivity contribution in [1.82, 2.24) is 5.32 Å². The van der Waals surface area contributed by atoms with Crippen LogP contribution < -0.4 is 14.8 Å². The van der Waals surface area contributed by atoms with Gasteiger partial charge in [-0.15, -0.1) is 0 Å². The molecule has 122 valence electrons. The zero-order chi connectivity index (χ0) is 16.1. The molecule has 0 saturated heterocycles. The molecule has 2 N–H and O–H groups in total. The Labute approximate surface area is 134 Å². The maximum atomic E-state index is 12.8. The minimum atomic E-state index is -0.627. The third-order valence-electron chi connectivity index (χ3n) is 3.72. The SMILES string of the molecule is OC(CNCc1ccc2c(c1)CCO2)COc1ccc(F)cc1. The summed E-state index contributed by atoms with van der Waals surface area (Å²) in [5.74, 6) is 1.21. The smallest absolute Gasteiger partial charge is 0.123 e. The van der Waals surface area contributed by atoms with Crippen LogP contribution in [-0.2, 0) is 13.0 Å². The van der Waals surface area contributed by atoms with Crippen LogP contribution in [0.5, 0.6) is 11.5 Å². The average molecular weight is 317 g/mol. The number of benzene rings is 2. The summed E-state index contributed by atoms with van der Waals surface area (Å²) in [6, 6.07) is 11.9. The van der Waals surface area contributed by atoms with Gasteiger partial charge in [-0.1, -0.05) is 12.1 Å². The molecule has 1 unspecified atom stereocenters. The third kappa shape index (κ3) is 4.43. The Morgan fingerprint density at radius 3 is 2.87 bits per heavy atom. The molecule has 1 aliphatic heterocycles. The van der Waals surface area contributed by atoms with Crippen LogP contribution in [0.25, 0.3) is 0 Å². The molecular formula is C18H20FNO3. The highest BCUT2D eigenvalue weighted by molar-refractivity contribution is 5.39. The van der Waals surface area contributed by atoms with E-state index >= 15 is 0 Å². The molecule has 2 aromatic carbocycles. The predicted molar refractivity (Wildman–Crippen MR) is 85.2 cm³/mol. The lowest BCUT2D eigenvalue weighted by Crippen LogP contribution is -2.31. The maximum absolute atomic E-state index is 12.8. The molecular weight excluding hydrogens is 297 g/mol. The van der Waals surface area contributed by atoms with E-state index in [0.29, 0.717) is 18.8 Å². The standard InChI is InChI=1S/C18H20FNO3/c19-15-2-4-17(5-3-15)23-12-16(21)11-20-10-13-1-6-18-14(9-13)7-8-22-18/h1-6,9,16,20-21H,7-8,10-12H2. The number of hydrogen-bond donors (Lipinski definition) is 2. The van der Waals surface area contributed by atoms with E-state index in [0.717, 1.165) is 18.8 Å². The van der Waals surface area contributed by atoms with Crippen molar-refractivity contribution in [3.05, 3.63) is 59.4 Å². The predicted octanol–water partition coefficient (Wildman–Crippen LogP) is 2.29. The maximum Gasteiger partial charge on any atom is 0.123 e. The van der Waals surface area contributed by atoms with Gasteiger partial charge in [-0.3, -0.25) is 0 Å². The van der Waals surface area contributed by atoms with Crippen molar-refractivity contribution in [1.29, 1.82) is 0 Å². The summed E-state index contributed by atoms with van der Waals surface area (Å²) in [6.45, 7) is 2.03. The Hall–Kier alpha value is -2.11. The molecule has 0 fully saturated rings. The second kappa shape index (κ2) is 7.44. The molecule has 0 amide bonds. The summed E-state index contributed by atoms with van der Waals surface area (Å²) < 4.78 is 23.7. The van der Waals surface area contributed by atoms with Crippen molar-refractivity contribution in [3.63, 3.8) is 0 Å². The van der Waals surface area contributed by atoms with E-state index in [4.69, 9.17) is 9.47 Å². The van der Waals surface area contributed by atoms with Gasteiger partial charge in [0, 0.05) is 19.5 Å². The molecule has 0 aromatic heterocycles. The normalized spacial score (nSPS) is 14.2. The summed E-state index contributed by atoms with van der Waals surface area (Å²) in [7, 11) is 0. The zero-order valence-corrected chi connectivity index (χ0v) is 12.8. The monoisotopic (exact) mass is 317 g/mol. The van der Waals surface area contributed by atoms with Crippen LogP contribution in [0.15, 0.2) is 42.5 Å². The summed E-state index contributed by atoms with van der Waals surface area (Å²) in [5, 5.41) is 13.1. The van der Waals surface area contributed by atoms with Gasteiger partial charge < -0.3 is 19.9 Å². The number of nitrogens with one attached hydrogen (secondary N) is 1. The summed E-state index contributed by atoms with van der Waals surface area (Å²) in [6.07, 6.45) is 0.329. The van der Waals surface area contributed by atoms with Crippen LogP contribution in [0.2, 0.25) is 0 Å². The molecule has 0 bridgehead atoms. The highest BCUT2D eigenvalue weighted by Gasteiger charge is 2.12. The molecule has 3 rings (SSSR count). The first-order valence-corrected chi connectivity index (χ1v) is 7.72. The van der Waals surface area contributed by atoms with Crippen molar-refractivity contribution < 1.29 is 19.0 Å². The van der Waals surface area contributed by atoms with Gasteiger partial charge >= 0.3 is 0 Å². The van der Waals surface area contributed by atoms with Crippen LogP contribution in [0.4, 0.5) is 4.39 Å². The second-order valence-electron chi connectivity index (χ2n) is 5.59. The molecule has 0 aliphatic carbocycles. The van der Waals surface area contributed by atoms with E-state index in [1.54, 1.807) is 12.1 Å². The Bertz CT molecular complexity index is 645. The van der Waals surface area contributed by atoms with Gasteiger partial charge in [0.15, 0.2) is 0 Å². The Kier molecular flexibility index (Phi) is 5.10. The van der Waals surface area contributed by atoms with E-state index in [2.05, 4.69) is 11.4 Å². The highest BCUT2D eigenvalue weighted by Crippen LogP contribution is 2.25. The quantitative estimate of drug-likeness (QED) is 0.823. The number of aliphatic hydroxyl groups is 1. The first-order valence-electron chi connectivity index (χ1n) is 7.72. The number of aliphatic hydroxyl groups excluding tert-OH is 1. The van der Waals surface area contributed by atoms with Gasteiger partial charge in [-0.25, -0.2) is 4.39 Å². The molecule has 0 spiro atoms. The van der Waals surface area contributed by atoms with E-state index in [-0.39, 0.29) is 12.4 Å². The van der Waals surface area contributed by atoms with E-state index in [9.17, 15) is 9.50 Å². The first-order chi connectivity index (χ1) is 11.2. The second-order valence-corrected chi connectivity index (χ2v) is 5.59. The van der Waals surface area contributed by atoms with Crippen LogP contribution >= 0.6 is 0 Å². The minimum absolute atomic E-state index is 0.163. The van der Waals surface area contributed by atoms with E-state index in [1.807, 2.05) is 12.1 Å². The van der Waals surface area contributed by atoms with Crippen molar-refractivity contribution in [3.8, 4) is 11.5 Å². The van der Waals surface area contributed by atoms with Crippen LogP contribution in [0.3, 0.4) is 0 Å². The molecule has 0 saturated carbocycles. The van der Waals surface area contributed by atoms with Crippen molar-refractivity contribution in [2.45, 2.75) is 19.1 Å². The molecule has 1 heterocycles. The number of fused-ring (bicyclic) bond motifs is 1. The van der Waals surface area contributed by atoms with Crippen LogP contribution in [0, 0.1) is 5.82 Å². The number of halogens is 1. The zero-order valence-electron chi connectivity index (χ0n) is 12.8. The molecule has 4 nitrogen and oxygen atoms in total. The third-order valence-corrected chi connectivity index (χ3v) is 3.72. The van der Waals surface area contributed by atoms with Crippen molar-refractivity contribution in [2.75, 3.05) is 19.8 Å². The minimum Gasteiger partial charge on any atom is -0.493 e. The lowest BCUT2D eigenvalue weighted by Gasteiger charge is -2.13. The Morgan fingerprint density at radius 2 is 2.04 bits per heavy atom. The van der Waals surface area contributed by atoms with Gasteiger partial charge in [-0.2, -0.15) is 0 Å². The van der Waals surface area contributed by atoms with E-state index < -0.39 is 6.10 Å². The van der Waals surface area contributed by atoms with Gasteiger partial charge in [0.1, 0.15) is 30.0 Å². The number of hydrogen-bond acceptors (Lipinski definition) is 4. The molecule has 0 radical (unpaired) electrons. The summed E-state index contributed by atoms with van der Waals surface area (Å²) >= 11 is 0.